The van der Waals surface area contributed by atoms with Crippen molar-refractivity contribution in [1.82, 2.24) is 9.21 Å². The number of nitrogens with zero attached hydrogens (tertiary/aromatic N) is 2. The van der Waals surface area contributed by atoms with Gasteiger partial charge in [-0.3, -0.25) is 9.59 Å². The van der Waals surface area contributed by atoms with Crippen LogP contribution in [-0.4, -0.2) is 54.6 Å². The normalized spacial score (nSPS) is 18.5. The average Bonchev–Trinajstić information content (AvgIpc) is 2.76. The lowest BCUT2D eigenvalue weighted by molar-refractivity contribution is -0.144. The zero-order valence-electron chi connectivity index (χ0n) is 18.6. The van der Waals surface area contributed by atoms with Gasteiger partial charge >= 0.3 is 0 Å². The molecule has 1 heterocycles. The third-order valence-electron chi connectivity index (χ3n) is 5.90. The Labute approximate surface area is 190 Å². The van der Waals surface area contributed by atoms with Crippen LogP contribution in [-0.2, 0) is 26.0 Å². The van der Waals surface area contributed by atoms with Crippen molar-refractivity contribution in [1.29, 1.82) is 0 Å². The SMILES string of the molecule is CCCC[C@@H](C(N)=O)N1C[C@@H](Cc2ccccc2)N(S(=O)(=O)c2ccc(C)cc2)CC1=O. The van der Waals surface area contributed by atoms with Gasteiger partial charge in [0.15, 0.2) is 0 Å². The van der Waals surface area contributed by atoms with Gasteiger partial charge in [0.2, 0.25) is 21.8 Å². The molecule has 2 aromatic rings. The van der Waals surface area contributed by atoms with Crippen molar-refractivity contribution in [2.75, 3.05) is 13.1 Å². The molecule has 8 heteroatoms. The number of benzene rings is 2. The van der Waals surface area contributed by atoms with Crippen LogP contribution >= 0.6 is 0 Å². The molecular formula is C24H31N3O4S. The summed E-state index contributed by atoms with van der Waals surface area (Å²) in [5.74, 6) is -0.954. The molecule has 1 fully saturated rings. The molecule has 0 saturated carbocycles. The monoisotopic (exact) mass is 457 g/mol. The molecule has 3 rings (SSSR count). The first-order valence-corrected chi connectivity index (χ1v) is 12.4. The molecule has 0 spiro atoms. The van der Waals surface area contributed by atoms with E-state index in [0.717, 1.165) is 24.0 Å². The quantitative estimate of drug-likeness (QED) is 0.625. The van der Waals surface area contributed by atoms with E-state index in [1.54, 1.807) is 24.3 Å². The van der Waals surface area contributed by atoms with Gasteiger partial charge in [-0.25, -0.2) is 8.42 Å². The lowest BCUT2D eigenvalue weighted by atomic mass is 10.0. The van der Waals surface area contributed by atoms with Crippen molar-refractivity contribution < 1.29 is 18.0 Å². The second kappa shape index (κ2) is 10.3. The molecule has 2 amide bonds. The summed E-state index contributed by atoms with van der Waals surface area (Å²) in [7, 11) is -3.90. The van der Waals surface area contributed by atoms with E-state index in [0.29, 0.717) is 12.8 Å². The minimum absolute atomic E-state index is 0.121. The van der Waals surface area contributed by atoms with Gasteiger partial charge in [-0.05, 0) is 37.5 Å². The highest BCUT2D eigenvalue weighted by Gasteiger charge is 2.42. The van der Waals surface area contributed by atoms with Crippen LogP contribution in [0.5, 0.6) is 0 Å². The lowest BCUT2D eigenvalue weighted by Gasteiger charge is -2.42. The first-order valence-electron chi connectivity index (χ1n) is 10.9. The van der Waals surface area contributed by atoms with E-state index < -0.39 is 33.9 Å². The molecule has 172 valence electrons. The van der Waals surface area contributed by atoms with Gasteiger partial charge in [0, 0.05) is 12.6 Å². The Morgan fingerprint density at radius 2 is 1.78 bits per heavy atom. The summed E-state index contributed by atoms with van der Waals surface area (Å²) in [4.78, 5) is 26.8. The Balaban J connectivity index is 1.96. The topological polar surface area (TPSA) is 101 Å². The number of hydrogen-bond donors (Lipinski definition) is 1. The molecule has 32 heavy (non-hydrogen) atoms. The van der Waals surface area contributed by atoms with Gasteiger partial charge in [0.1, 0.15) is 6.04 Å². The molecule has 0 aromatic heterocycles. The van der Waals surface area contributed by atoms with Crippen LogP contribution in [0.4, 0.5) is 0 Å². The Kier molecular flexibility index (Phi) is 7.69. The van der Waals surface area contributed by atoms with Gasteiger partial charge in [-0.1, -0.05) is 67.8 Å². The maximum atomic E-state index is 13.5. The highest BCUT2D eigenvalue weighted by molar-refractivity contribution is 7.89. The smallest absolute Gasteiger partial charge is 0.243 e. The molecule has 0 radical (unpaired) electrons. The lowest BCUT2D eigenvalue weighted by Crippen LogP contribution is -2.62. The average molecular weight is 458 g/mol. The number of primary amides is 1. The van der Waals surface area contributed by atoms with E-state index in [1.807, 2.05) is 44.2 Å². The standard InChI is InChI=1S/C24H31N3O4S/c1-3-4-10-22(24(25)29)26-16-20(15-19-8-6-5-7-9-19)27(17-23(26)28)32(30,31)21-13-11-18(2)12-14-21/h5-9,11-14,20,22H,3-4,10,15-17H2,1-2H3,(H2,25,29)/t20-,22+/m1/s1. The van der Waals surface area contributed by atoms with Crippen LogP contribution < -0.4 is 5.73 Å². The van der Waals surface area contributed by atoms with Crippen LogP contribution in [0.2, 0.25) is 0 Å². The van der Waals surface area contributed by atoms with E-state index in [1.165, 1.54) is 9.21 Å². The van der Waals surface area contributed by atoms with E-state index >= 15 is 0 Å². The second-order valence-corrected chi connectivity index (χ2v) is 10.2. The number of nitrogens with two attached hydrogens (primary N) is 1. The first kappa shape index (κ1) is 23.9. The Bertz CT molecular complexity index is 1040. The Morgan fingerprint density at radius 3 is 2.38 bits per heavy atom. The summed E-state index contributed by atoms with van der Waals surface area (Å²) in [5, 5.41) is 0. The summed E-state index contributed by atoms with van der Waals surface area (Å²) in [6, 6.07) is 14.9. The van der Waals surface area contributed by atoms with Crippen molar-refractivity contribution in [2.45, 2.75) is 56.5 Å². The Hall–Kier alpha value is -2.71. The molecule has 1 aliphatic heterocycles. The van der Waals surface area contributed by atoms with Gasteiger partial charge in [0.25, 0.3) is 0 Å². The van der Waals surface area contributed by atoms with Crippen LogP contribution in [0.15, 0.2) is 59.5 Å². The summed E-state index contributed by atoms with van der Waals surface area (Å²) in [5.41, 5.74) is 7.54. The number of sulfonamides is 1. The molecule has 2 atom stereocenters. The van der Waals surface area contributed by atoms with Crippen molar-refractivity contribution in [3.8, 4) is 0 Å². The van der Waals surface area contributed by atoms with Crippen LogP contribution in [0, 0.1) is 6.92 Å². The number of hydrogen-bond acceptors (Lipinski definition) is 4. The van der Waals surface area contributed by atoms with Gasteiger partial charge < -0.3 is 10.6 Å². The molecule has 2 aromatic carbocycles. The minimum atomic E-state index is -3.90. The minimum Gasteiger partial charge on any atom is -0.368 e. The summed E-state index contributed by atoms with van der Waals surface area (Å²) in [6.45, 7) is 3.70. The van der Waals surface area contributed by atoms with Crippen LogP contribution in [0.25, 0.3) is 0 Å². The maximum absolute atomic E-state index is 13.5. The molecule has 1 saturated heterocycles. The highest BCUT2D eigenvalue weighted by atomic mass is 32.2. The summed E-state index contributed by atoms with van der Waals surface area (Å²) in [6.07, 6.45) is 2.52. The number of rotatable bonds is 9. The van der Waals surface area contributed by atoms with Crippen LogP contribution in [0.3, 0.4) is 0 Å². The summed E-state index contributed by atoms with van der Waals surface area (Å²) >= 11 is 0. The molecule has 7 nitrogen and oxygen atoms in total. The predicted octanol–water partition coefficient (Wildman–Crippen LogP) is 2.48. The molecular weight excluding hydrogens is 426 g/mol. The third-order valence-corrected chi connectivity index (χ3v) is 7.82. The maximum Gasteiger partial charge on any atom is 0.243 e. The van der Waals surface area contributed by atoms with Crippen molar-refractivity contribution >= 4 is 21.8 Å². The van der Waals surface area contributed by atoms with Crippen molar-refractivity contribution in [2.24, 2.45) is 5.73 Å². The van der Waals surface area contributed by atoms with E-state index in [4.69, 9.17) is 5.73 Å². The van der Waals surface area contributed by atoms with Gasteiger partial charge in [0.05, 0.1) is 11.4 Å². The number of piperazine rings is 1. The third kappa shape index (κ3) is 5.37. The second-order valence-electron chi connectivity index (χ2n) is 8.31. The fourth-order valence-electron chi connectivity index (χ4n) is 4.10. The number of carbonyl (C=O) groups excluding carboxylic acids is 2. The zero-order valence-corrected chi connectivity index (χ0v) is 19.4. The highest BCUT2D eigenvalue weighted by Crippen LogP contribution is 2.26. The largest absolute Gasteiger partial charge is 0.368 e. The molecule has 0 unspecified atom stereocenters. The van der Waals surface area contributed by atoms with Crippen molar-refractivity contribution in [3.63, 3.8) is 0 Å². The molecule has 0 aliphatic carbocycles. The predicted molar refractivity (Wildman–Crippen MR) is 123 cm³/mol. The molecule has 2 N–H and O–H groups in total. The molecule has 0 bridgehead atoms. The Morgan fingerprint density at radius 1 is 1.12 bits per heavy atom. The van der Waals surface area contributed by atoms with Crippen molar-refractivity contribution in [3.05, 3.63) is 65.7 Å². The van der Waals surface area contributed by atoms with E-state index in [9.17, 15) is 18.0 Å². The number of unbranched alkanes of at least 4 members (excludes halogenated alkanes) is 1. The van der Waals surface area contributed by atoms with Gasteiger partial charge in [-0.2, -0.15) is 4.31 Å². The number of amides is 2. The van der Waals surface area contributed by atoms with E-state index in [-0.39, 0.29) is 18.0 Å². The van der Waals surface area contributed by atoms with E-state index in [2.05, 4.69) is 0 Å². The fourth-order valence-corrected chi connectivity index (χ4v) is 5.67. The van der Waals surface area contributed by atoms with Crippen LogP contribution in [0.1, 0.15) is 37.3 Å². The number of carbonyl (C=O) groups is 2. The molecule has 1 aliphatic rings. The zero-order chi connectivity index (χ0) is 23.3. The first-order chi connectivity index (χ1) is 15.2. The fraction of sp³-hybridized carbons (Fsp3) is 0.417. The summed E-state index contributed by atoms with van der Waals surface area (Å²) < 4.78 is 28.3. The van der Waals surface area contributed by atoms with Gasteiger partial charge in [-0.15, -0.1) is 0 Å². The number of aryl methyl sites for hydroxylation is 1.